The van der Waals surface area contributed by atoms with Crippen molar-refractivity contribution in [3.8, 4) is 0 Å². The third-order valence-electron chi connectivity index (χ3n) is 18.3. The lowest BCUT2D eigenvalue weighted by molar-refractivity contribution is -0.156. The molecule has 0 radical (unpaired) electrons. The zero-order valence-electron chi connectivity index (χ0n) is 62.4. The number of nitrogens with one attached hydrogen (secondary N) is 3. The molecule has 6 N–H and O–H groups in total. The summed E-state index contributed by atoms with van der Waals surface area (Å²) in [5.41, 5.74) is 11.9. The Labute approximate surface area is 634 Å². The molecule has 4 aromatic heterocycles. The number of anilines is 2. The molecule has 8 fully saturated rings. The Kier molecular flexibility index (Phi) is 31.1. The van der Waals surface area contributed by atoms with Crippen molar-refractivity contribution in [1.82, 2.24) is 59.9 Å². The topological polar surface area (TPSA) is 333 Å². The maximum atomic E-state index is 12.8. The number of hydrogen-bond acceptors (Lipinski definition) is 19. The van der Waals surface area contributed by atoms with Gasteiger partial charge in [0.2, 0.25) is 23.4 Å². The number of carboxylic acids is 1. The summed E-state index contributed by atoms with van der Waals surface area (Å²) in [4.78, 5) is 118. The highest BCUT2D eigenvalue weighted by Crippen LogP contribution is 2.42. The van der Waals surface area contributed by atoms with Crippen LogP contribution < -0.4 is 21.7 Å². The average molecular weight is 1510 g/mol. The number of amides is 5. The standard InChI is InChI=1S/C22H24N4O2.C17H25N3O2.C12H17N3.C10H9NO3.C9H18N2O2.C7H7ClN2.C2HF3O/c1-2-21(27)25-19-7-5-17(6-8-19)22(28)26-10-9-15(14-26)11-20-23-12-18(13-24-20)16-3-4-16;1-17(2,3)22-16(21)20-7-6-12(11-20)8-15-18-9-14(10-19-15)13-4-5-13;1-2-10(1)11-7-14-12(15-8-11)5-9-3-4-13-6-9;1-2-9(12)11-8-5-3-7(4-6-8)10(13)14;1-9(2,3)13-8(12)11-5-4-7(10)6-11;8-7-9-3-6(4-10-7)5-1-2-5;3-2(4,5)1-6/h2,5-8,12-13,15-16H,1,3-4,9-11,14H2,(H,25,27);9-10,12-13H,4-8,11H2,1-3H3;7-10,13H,1-6H2;2-6H,1H2,(H,11,12)(H,13,14);7H,4-6,10H2,1-3H3;3-5H,1-2H2;1H/t15-;12-;9-;;7-;;/m000.1../s1. The van der Waals surface area contributed by atoms with E-state index < -0.39 is 29.6 Å². The van der Waals surface area contributed by atoms with Crippen LogP contribution in [0.5, 0.6) is 0 Å². The first-order valence-corrected chi connectivity index (χ1v) is 37.2. The van der Waals surface area contributed by atoms with Crippen LogP contribution in [0.3, 0.4) is 0 Å². The summed E-state index contributed by atoms with van der Waals surface area (Å²) in [5, 5.41) is 17.5. The Morgan fingerprint density at radius 2 is 0.870 bits per heavy atom. The van der Waals surface area contributed by atoms with Gasteiger partial charge in [-0.15, -0.1) is 0 Å². The van der Waals surface area contributed by atoms with Crippen LogP contribution in [0.25, 0.3) is 0 Å². The van der Waals surface area contributed by atoms with Crippen LogP contribution in [0.4, 0.5) is 34.1 Å². The first-order chi connectivity index (χ1) is 51.4. The minimum Gasteiger partial charge on any atom is -0.478 e. The molecule has 4 saturated carbocycles. The van der Waals surface area contributed by atoms with Gasteiger partial charge in [-0.2, -0.15) is 13.2 Å². The van der Waals surface area contributed by atoms with Crippen molar-refractivity contribution in [3.63, 3.8) is 0 Å². The highest BCUT2D eigenvalue weighted by Gasteiger charge is 2.34. The molecule has 108 heavy (non-hydrogen) atoms. The lowest BCUT2D eigenvalue weighted by Gasteiger charge is -2.24. The van der Waals surface area contributed by atoms with Crippen LogP contribution in [-0.2, 0) is 43.1 Å². The Morgan fingerprint density at radius 3 is 1.19 bits per heavy atom. The number of aldehydes is 1. The summed E-state index contributed by atoms with van der Waals surface area (Å²) in [7, 11) is 0. The van der Waals surface area contributed by atoms with E-state index in [1.54, 1.807) is 34.1 Å². The summed E-state index contributed by atoms with van der Waals surface area (Å²) in [6, 6.07) is 12.9. The third kappa shape index (κ3) is 30.5. The van der Waals surface area contributed by atoms with Crippen molar-refractivity contribution in [2.45, 2.75) is 185 Å². The van der Waals surface area contributed by atoms with Crippen LogP contribution in [0.15, 0.2) is 123 Å². The first-order valence-electron chi connectivity index (χ1n) is 36.8. The Balaban J connectivity index is 0.000000166. The van der Waals surface area contributed by atoms with E-state index in [0.717, 1.165) is 126 Å². The van der Waals surface area contributed by atoms with E-state index >= 15 is 0 Å². The monoisotopic (exact) mass is 1510 g/mol. The molecule has 25 nitrogen and oxygen atoms in total. The predicted octanol–water partition coefficient (Wildman–Crippen LogP) is 13.1. The summed E-state index contributed by atoms with van der Waals surface area (Å²) in [5.74, 6) is 5.64. The van der Waals surface area contributed by atoms with Crippen LogP contribution in [-0.4, -0.2) is 178 Å². The highest BCUT2D eigenvalue weighted by atomic mass is 35.5. The number of ether oxygens (including phenoxy) is 2. The molecule has 6 aromatic rings. The van der Waals surface area contributed by atoms with Crippen molar-refractivity contribution in [2.75, 3.05) is 63.0 Å². The smallest absolute Gasteiger partial charge is 0.446 e. The maximum absolute atomic E-state index is 12.8. The van der Waals surface area contributed by atoms with Gasteiger partial charge in [0, 0.05) is 131 Å². The molecular formula is C79H101ClF3N15O10. The molecule has 0 bridgehead atoms. The summed E-state index contributed by atoms with van der Waals surface area (Å²) >= 11 is 5.51. The van der Waals surface area contributed by atoms with Crippen molar-refractivity contribution in [2.24, 2.45) is 23.5 Å². The van der Waals surface area contributed by atoms with E-state index in [0.29, 0.717) is 52.4 Å². The van der Waals surface area contributed by atoms with Gasteiger partial charge in [0.25, 0.3) is 5.91 Å². The number of carbonyl (C=O) groups excluding carboxylic acids is 6. The second-order valence-electron chi connectivity index (χ2n) is 30.1. The molecule has 4 saturated heterocycles. The van der Waals surface area contributed by atoms with E-state index in [-0.39, 0.29) is 41.5 Å². The van der Waals surface area contributed by atoms with Gasteiger partial charge in [0.1, 0.15) is 28.7 Å². The molecule has 0 unspecified atom stereocenters. The fourth-order valence-corrected chi connectivity index (χ4v) is 11.9. The van der Waals surface area contributed by atoms with Gasteiger partial charge in [-0.05, 0) is 268 Å². The average Bonchev–Trinajstić information content (AvgIpc) is 1.68. The van der Waals surface area contributed by atoms with Crippen LogP contribution in [0.1, 0.15) is 203 Å². The Hall–Kier alpha value is -9.67. The Bertz CT molecular complexity index is 3920. The molecule has 14 rings (SSSR count). The molecule has 4 atom stereocenters. The summed E-state index contributed by atoms with van der Waals surface area (Å²) in [6.07, 6.45) is 28.8. The molecule has 8 heterocycles. The SMILES string of the molecule is C=CC(=O)Nc1ccc(C(=O)N2CC[C@@H](Cc3ncc(C4CC4)cn3)C2)cc1.C=CC(=O)Nc1ccc(C(=O)O)cc1.CC(C)(C)OC(=O)N1CC[C@@H](Cc2ncc(C3CC3)cn2)C1.CC(C)(C)OC(=O)N1CC[C@@H](N)C1.Clc1ncc(C2CC2)cn1.O=CC(F)(F)F.c1nc(C[C@@H]2CCNC2)ncc1C1CC1. The first kappa shape index (κ1) is 84.0. The predicted molar refractivity (Wildman–Crippen MR) is 403 cm³/mol. The lowest BCUT2D eigenvalue weighted by atomic mass is 10.0. The number of halogens is 4. The molecule has 580 valence electrons. The van der Waals surface area contributed by atoms with Gasteiger partial charge in [0.05, 0.1) is 5.56 Å². The number of nitrogens with zero attached hydrogens (tertiary/aromatic N) is 11. The molecular weight excluding hydrogens is 1410 g/mol. The molecule has 0 spiro atoms. The number of nitrogens with two attached hydrogens (primary N) is 1. The molecule has 8 aliphatic rings. The second-order valence-corrected chi connectivity index (χ2v) is 30.5. The molecule has 29 heteroatoms. The van der Waals surface area contributed by atoms with Crippen molar-refractivity contribution in [1.29, 1.82) is 0 Å². The van der Waals surface area contributed by atoms with E-state index in [1.807, 2.05) is 96.0 Å². The molecule has 4 aliphatic heterocycles. The number of likely N-dealkylation sites (tertiary alicyclic amines) is 3. The minimum atomic E-state index is -4.64. The van der Waals surface area contributed by atoms with Crippen LogP contribution in [0.2, 0.25) is 5.28 Å². The number of hydrogen-bond donors (Lipinski definition) is 5. The number of carboxylic acid groups (broad SMARTS) is 1. The number of carbonyl (C=O) groups is 7. The minimum absolute atomic E-state index is 0.0223. The van der Waals surface area contributed by atoms with Crippen molar-refractivity contribution in [3.05, 3.63) is 180 Å². The normalized spacial score (nSPS) is 19.1. The number of aromatic nitrogens is 8. The maximum Gasteiger partial charge on any atom is 0.446 e. The van der Waals surface area contributed by atoms with Gasteiger partial charge >= 0.3 is 24.3 Å². The van der Waals surface area contributed by atoms with Gasteiger partial charge in [-0.1, -0.05) is 13.2 Å². The number of aromatic carboxylic acids is 1. The van der Waals surface area contributed by atoms with Crippen LogP contribution in [0, 0.1) is 17.8 Å². The summed E-state index contributed by atoms with van der Waals surface area (Å²) in [6.45, 7) is 24.6. The molecule has 2 aromatic carbocycles. The van der Waals surface area contributed by atoms with Gasteiger partial charge < -0.3 is 51.0 Å². The lowest BCUT2D eigenvalue weighted by Crippen LogP contribution is -2.36. The zero-order valence-corrected chi connectivity index (χ0v) is 63.2. The van der Waals surface area contributed by atoms with Gasteiger partial charge in [0.15, 0.2) is 0 Å². The number of benzene rings is 2. The molecule has 5 amide bonds. The largest absolute Gasteiger partial charge is 0.478 e. The number of alkyl halides is 3. The third-order valence-corrected chi connectivity index (χ3v) is 18.5. The Morgan fingerprint density at radius 1 is 0.528 bits per heavy atom. The van der Waals surface area contributed by atoms with Crippen molar-refractivity contribution < 1.29 is 61.3 Å². The van der Waals surface area contributed by atoms with Gasteiger partial charge in [-0.25, -0.2) is 54.3 Å². The van der Waals surface area contributed by atoms with E-state index in [9.17, 15) is 41.9 Å². The summed E-state index contributed by atoms with van der Waals surface area (Å²) < 4.78 is 41.9. The van der Waals surface area contributed by atoms with E-state index in [4.69, 9.17) is 36.7 Å². The quantitative estimate of drug-likeness (QED) is 0.0341. The highest BCUT2D eigenvalue weighted by molar-refractivity contribution is 6.28. The second kappa shape index (κ2) is 40.0. The van der Waals surface area contributed by atoms with E-state index in [2.05, 4.69) is 69.0 Å². The number of rotatable bonds is 16. The van der Waals surface area contributed by atoms with Gasteiger partial charge in [-0.3, -0.25) is 19.2 Å². The van der Waals surface area contributed by atoms with Crippen molar-refractivity contribution >= 4 is 65.1 Å². The fourth-order valence-electron chi connectivity index (χ4n) is 11.8. The fraction of sp³-hybridized carbons (Fsp3) is 0.506. The molecule has 4 aliphatic carbocycles. The zero-order chi connectivity index (χ0) is 78.1. The van der Waals surface area contributed by atoms with Crippen LogP contribution >= 0.6 is 11.6 Å². The van der Waals surface area contributed by atoms with E-state index in [1.165, 1.54) is 110 Å².